The van der Waals surface area contributed by atoms with E-state index < -0.39 is 0 Å². The second-order valence-electron chi connectivity index (χ2n) is 7.06. The summed E-state index contributed by atoms with van der Waals surface area (Å²) in [7, 11) is 0. The zero-order valence-corrected chi connectivity index (χ0v) is 16.1. The molecule has 0 spiro atoms. The highest BCUT2D eigenvalue weighted by Crippen LogP contribution is 2.20. The van der Waals surface area contributed by atoms with Gasteiger partial charge in [0.25, 0.3) is 0 Å². The van der Waals surface area contributed by atoms with Crippen LogP contribution in [0.3, 0.4) is 0 Å². The lowest BCUT2D eigenvalue weighted by molar-refractivity contribution is -0.124. The van der Waals surface area contributed by atoms with Crippen molar-refractivity contribution in [2.45, 2.75) is 12.8 Å². The maximum Gasteiger partial charge on any atom is 0.241 e. The number of hydrogen-bond donors (Lipinski definition) is 1. The minimum atomic E-state index is -0.105. The minimum Gasteiger partial charge on any atom is -0.326 e. The van der Waals surface area contributed by atoms with Crippen LogP contribution in [0, 0.1) is 5.92 Å². The van der Waals surface area contributed by atoms with Crippen molar-refractivity contribution < 1.29 is 9.59 Å². The van der Waals surface area contributed by atoms with E-state index in [-0.39, 0.29) is 17.7 Å². The van der Waals surface area contributed by atoms with Crippen LogP contribution in [0.5, 0.6) is 0 Å². The molecule has 1 fully saturated rings. The normalized spacial score (nSPS) is 16.9. The Morgan fingerprint density at radius 3 is 2.46 bits per heavy atom. The minimum absolute atomic E-state index is 0.0226. The molecule has 1 atom stereocenters. The fourth-order valence-corrected chi connectivity index (χ4v) is 3.54. The van der Waals surface area contributed by atoms with E-state index in [2.05, 4.69) is 16.8 Å². The SMILES string of the molecule is C=CCN(C(=O)CN1CCC[C@H](C(=O)Nc2ccccc2)C1)c1ccccc1. The number of nitrogens with zero attached hydrogens (tertiary/aromatic N) is 2. The van der Waals surface area contributed by atoms with Gasteiger partial charge < -0.3 is 10.2 Å². The van der Waals surface area contributed by atoms with Gasteiger partial charge in [0.05, 0.1) is 12.5 Å². The van der Waals surface area contributed by atoms with Gasteiger partial charge in [0.1, 0.15) is 0 Å². The van der Waals surface area contributed by atoms with Gasteiger partial charge in [0, 0.05) is 24.5 Å². The first-order valence-electron chi connectivity index (χ1n) is 9.72. The number of carbonyl (C=O) groups is 2. The molecular formula is C23H27N3O2. The number of piperidine rings is 1. The lowest BCUT2D eigenvalue weighted by atomic mass is 9.97. The summed E-state index contributed by atoms with van der Waals surface area (Å²) in [6.07, 6.45) is 3.49. The second kappa shape index (κ2) is 9.85. The fraction of sp³-hybridized carbons (Fsp3) is 0.304. The molecule has 2 aromatic rings. The van der Waals surface area contributed by atoms with Crippen molar-refractivity contribution in [2.24, 2.45) is 5.92 Å². The van der Waals surface area contributed by atoms with Crippen LogP contribution in [-0.4, -0.2) is 42.9 Å². The molecular weight excluding hydrogens is 350 g/mol. The molecule has 3 rings (SSSR count). The average Bonchev–Trinajstić information content (AvgIpc) is 2.73. The molecule has 1 N–H and O–H groups in total. The van der Waals surface area contributed by atoms with E-state index in [1.54, 1.807) is 11.0 Å². The van der Waals surface area contributed by atoms with Crippen molar-refractivity contribution >= 4 is 23.2 Å². The van der Waals surface area contributed by atoms with Crippen molar-refractivity contribution in [3.63, 3.8) is 0 Å². The summed E-state index contributed by atoms with van der Waals surface area (Å²) in [5.74, 6) is -0.0593. The number of likely N-dealkylation sites (tertiary alicyclic amines) is 1. The summed E-state index contributed by atoms with van der Waals surface area (Å²) in [5, 5.41) is 2.98. The third-order valence-electron chi connectivity index (χ3n) is 4.96. The highest BCUT2D eigenvalue weighted by Gasteiger charge is 2.28. The summed E-state index contributed by atoms with van der Waals surface area (Å²) in [5.41, 5.74) is 1.67. The van der Waals surface area contributed by atoms with Crippen LogP contribution >= 0.6 is 0 Å². The number of benzene rings is 2. The van der Waals surface area contributed by atoms with Gasteiger partial charge in [-0.1, -0.05) is 42.5 Å². The van der Waals surface area contributed by atoms with Gasteiger partial charge in [-0.05, 0) is 43.7 Å². The Morgan fingerprint density at radius 2 is 1.79 bits per heavy atom. The van der Waals surface area contributed by atoms with Crippen LogP contribution in [0.2, 0.25) is 0 Å². The molecule has 5 nitrogen and oxygen atoms in total. The smallest absolute Gasteiger partial charge is 0.241 e. The van der Waals surface area contributed by atoms with E-state index in [9.17, 15) is 9.59 Å². The van der Waals surface area contributed by atoms with Crippen LogP contribution in [0.15, 0.2) is 73.3 Å². The van der Waals surface area contributed by atoms with E-state index in [0.717, 1.165) is 30.8 Å². The third kappa shape index (κ3) is 5.30. The van der Waals surface area contributed by atoms with Gasteiger partial charge in [0.2, 0.25) is 11.8 Å². The van der Waals surface area contributed by atoms with E-state index in [0.29, 0.717) is 19.6 Å². The van der Waals surface area contributed by atoms with Crippen LogP contribution in [0.4, 0.5) is 11.4 Å². The summed E-state index contributed by atoms with van der Waals surface area (Å²) < 4.78 is 0. The molecule has 28 heavy (non-hydrogen) atoms. The Bertz CT molecular complexity index is 792. The zero-order valence-electron chi connectivity index (χ0n) is 16.1. The number of anilines is 2. The first-order chi connectivity index (χ1) is 13.7. The van der Waals surface area contributed by atoms with E-state index in [1.807, 2.05) is 60.7 Å². The van der Waals surface area contributed by atoms with E-state index >= 15 is 0 Å². The molecule has 0 radical (unpaired) electrons. The summed E-state index contributed by atoms with van der Waals surface area (Å²) in [6.45, 7) is 5.97. The van der Waals surface area contributed by atoms with Crippen LogP contribution < -0.4 is 10.2 Å². The summed E-state index contributed by atoms with van der Waals surface area (Å²) in [4.78, 5) is 29.3. The zero-order chi connectivity index (χ0) is 19.8. The molecule has 1 saturated heterocycles. The Balaban J connectivity index is 1.59. The Morgan fingerprint density at radius 1 is 1.11 bits per heavy atom. The number of carbonyl (C=O) groups excluding carboxylic acids is 2. The van der Waals surface area contributed by atoms with Crippen molar-refractivity contribution in [3.05, 3.63) is 73.3 Å². The molecule has 0 unspecified atom stereocenters. The monoisotopic (exact) mass is 377 g/mol. The highest BCUT2D eigenvalue weighted by atomic mass is 16.2. The summed E-state index contributed by atoms with van der Waals surface area (Å²) in [6, 6.07) is 19.1. The Hall–Kier alpha value is -2.92. The molecule has 0 saturated carbocycles. The maximum atomic E-state index is 12.9. The lowest BCUT2D eigenvalue weighted by Gasteiger charge is -2.33. The van der Waals surface area contributed by atoms with Crippen LogP contribution in [0.1, 0.15) is 12.8 Å². The first kappa shape index (κ1) is 19.8. The number of nitrogens with one attached hydrogen (secondary N) is 1. The standard InChI is InChI=1S/C23H27N3O2/c1-2-15-26(21-13-7-4-8-14-21)22(27)18-25-16-9-10-19(17-25)23(28)24-20-11-5-3-6-12-20/h2-8,11-14,19H,1,9-10,15-18H2,(H,24,28)/t19-/m0/s1. The van der Waals surface area contributed by atoms with Crippen LogP contribution in [0.25, 0.3) is 0 Å². The van der Waals surface area contributed by atoms with Gasteiger partial charge in [-0.25, -0.2) is 0 Å². The van der Waals surface area contributed by atoms with E-state index in [1.165, 1.54) is 0 Å². The predicted octanol–water partition coefficient (Wildman–Crippen LogP) is 3.56. The van der Waals surface area contributed by atoms with Crippen LogP contribution in [-0.2, 0) is 9.59 Å². The summed E-state index contributed by atoms with van der Waals surface area (Å²) >= 11 is 0. The molecule has 146 valence electrons. The van der Waals surface area contributed by atoms with E-state index in [4.69, 9.17) is 0 Å². The number of hydrogen-bond acceptors (Lipinski definition) is 3. The molecule has 1 heterocycles. The average molecular weight is 377 g/mol. The lowest BCUT2D eigenvalue weighted by Crippen LogP contribution is -2.46. The van der Waals surface area contributed by atoms with Gasteiger partial charge >= 0.3 is 0 Å². The van der Waals surface area contributed by atoms with Gasteiger partial charge in [-0.3, -0.25) is 14.5 Å². The number of para-hydroxylation sites is 2. The molecule has 0 bridgehead atoms. The molecule has 0 aliphatic carbocycles. The first-order valence-corrected chi connectivity index (χ1v) is 9.72. The number of amides is 2. The highest BCUT2D eigenvalue weighted by molar-refractivity contribution is 5.95. The van der Waals surface area contributed by atoms with Gasteiger partial charge in [-0.2, -0.15) is 0 Å². The largest absolute Gasteiger partial charge is 0.326 e. The molecule has 2 amide bonds. The third-order valence-corrected chi connectivity index (χ3v) is 4.96. The van der Waals surface area contributed by atoms with Crippen molar-refractivity contribution in [1.29, 1.82) is 0 Å². The molecule has 1 aliphatic heterocycles. The second-order valence-corrected chi connectivity index (χ2v) is 7.06. The maximum absolute atomic E-state index is 12.9. The Kier molecular flexibility index (Phi) is 6.98. The quantitative estimate of drug-likeness (QED) is 0.751. The molecule has 2 aromatic carbocycles. The molecule has 0 aromatic heterocycles. The topological polar surface area (TPSA) is 52.7 Å². The predicted molar refractivity (Wildman–Crippen MR) is 113 cm³/mol. The van der Waals surface area contributed by atoms with Crippen molar-refractivity contribution in [3.8, 4) is 0 Å². The van der Waals surface area contributed by atoms with Gasteiger partial charge in [-0.15, -0.1) is 6.58 Å². The van der Waals surface area contributed by atoms with Crippen molar-refractivity contribution in [1.82, 2.24) is 4.90 Å². The van der Waals surface area contributed by atoms with Crippen molar-refractivity contribution in [2.75, 3.05) is 36.4 Å². The van der Waals surface area contributed by atoms with Gasteiger partial charge in [0.15, 0.2) is 0 Å². The Labute approximate surface area is 166 Å². The fourth-order valence-electron chi connectivity index (χ4n) is 3.54. The molecule has 1 aliphatic rings. The molecule has 5 heteroatoms. The number of rotatable bonds is 7.